The summed E-state index contributed by atoms with van der Waals surface area (Å²) in [5, 5.41) is 19.0. The zero-order valence-electron chi connectivity index (χ0n) is 18.3. The second-order valence-electron chi connectivity index (χ2n) is 9.59. The normalized spacial score (nSPS) is 18.9. The third-order valence-electron chi connectivity index (χ3n) is 6.16. The van der Waals surface area contributed by atoms with Gasteiger partial charge in [-0.15, -0.1) is 15.7 Å². The summed E-state index contributed by atoms with van der Waals surface area (Å²) >= 11 is 1.10. The smallest absolute Gasteiger partial charge is 0.354 e. The van der Waals surface area contributed by atoms with Crippen molar-refractivity contribution in [3.05, 3.63) is 33.7 Å². The third kappa shape index (κ3) is 4.02. The summed E-state index contributed by atoms with van der Waals surface area (Å²) < 4.78 is 17.1. The van der Waals surface area contributed by atoms with E-state index in [9.17, 15) is 14.1 Å². The molecule has 0 radical (unpaired) electrons. The summed E-state index contributed by atoms with van der Waals surface area (Å²) in [5.74, 6) is 0. The topological polar surface area (TPSA) is 131 Å². The zero-order valence-corrected chi connectivity index (χ0v) is 20.0. The monoisotopic (exact) mass is 463 g/mol. The molecular weight excluding hydrogens is 434 g/mol. The number of fused-ring (bicyclic) bond motifs is 2. The number of urea groups is 1. The molecule has 0 aromatic carbocycles. The van der Waals surface area contributed by atoms with Crippen molar-refractivity contribution in [3.63, 3.8) is 0 Å². The Morgan fingerprint density at radius 2 is 2.10 bits per heavy atom. The van der Waals surface area contributed by atoms with Gasteiger partial charge in [-0.2, -0.15) is 0 Å². The van der Waals surface area contributed by atoms with Crippen LogP contribution in [0.25, 0.3) is 0 Å². The number of aliphatic hydroxyl groups excluding tert-OH is 1. The Morgan fingerprint density at radius 1 is 1.35 bits per heavy atom. The van der Waals surface area contributed by atoms with Crippen LogP contribution in [-0.4, -0.2) is 31.9 Å². The van der Waals surface area contributed by atoms with Crippen LogP contribution in [0.3, 0.4) is 0 Å². The Labute approximate surface area is 187 Å². The molecule has 0 spiro atoms. The van der Waals surface area contributed by atoms with Crippen LogP contribution in [0, 0.1) is 0 Å². The summed E-state index contributed by atoms with van der Waals surface area (Å²) in [6.45, 7) is 7.88. The number of nitrogens with two attached hydrogens (primary N) is 1. The predicted molar refractivity (Wildman–Crippen MR) is 122 cm³/mol. The first-order valence-electron chi connectivity index (χ1n) is 10.4. The SMILES string of the molecule is CC(C)(CO)c1ncc(S(N)(=O)=NC(=O)Nc2c3c(nc4c2CCC4(C)C)CCC3)s1. The second kappa shape index (κ2) is 7.61. The molecule has 2 heterocycles. The lowest BCUT2D eigenvalue weighted by atomic mass is 9.90. The van der Waals surface area contributed by atoms with Crippen LogP contribution in [0.2, 0.25) is 0 Å². The van der Waals surface area contributed by atoms with E-state index in [1.54, 1.807) is 0 Å². The van der Waals surface area contributed by atoms with Gasteiger partial charge >= 0.3 is 6.03 Å². The number of hydrogen-bond acceptors (Lipinski definition) is 6. The molecule has 0 aliphatic heterocycles. The highest BCUT2D eigenvalue weighted by Crippen LogP contribution is 2.44. The maximum Gasteiger partial charge on any atom is 0.354 e. The average molecular weight is 464 g/mol. The van der Waals surface area contributed by atoms with E-state index in [4.69, 9.17) is 10.1 Å². The van der Waals surface area contributed by atoms with E-state index in [0.717, 1.165) is 71.6 Å². The van der Waals surface area contributed by atoms with Crippen LogP contribution in [-0.2, 0) is 40.0 Å². The number of rotatable bonds is 4. The number of anilines is 1. The largest absolute Gasteiger partial charge is 0.395 e. The number of nitrogens with one attached hydrogen (secondary N) is 1. The van der Waals surface area contributed by atoms with E-state index in [-0.39, 0.29) is 16.2 Å². The molecule has 0 bridgehead atoms. The molecule has 2 aromatic heterocycles. The average Bonchev–Trinajstić information content (AvgIpc) is 3.41. The Bertz CT molecular complexity index is 1180. The Kier molecular flexibility index (Phi) is 5.48. The van der Waals surface area contributed by atoms with Gasteiger partial charge in [0.2, 0.25) is 0 Å². The zero-order chi connectivity index (χ0) is 22.6. The fourth-order valence-electron chi connectivity index (χ4n) is 4.21. The van der Waals surface area contributed by atoms with Crippen molar-refractivity contribution < 1.29 is 14.1 Å². The quantitative estimate of drug-likeness (QED) is 0.639. The van der Waals surface area contributed by atoms with Gasteiger partial charge in [-0.25, -0.2) is 19.1 Å². The minimum atomic E-state index is -3.46. The number of nitrogens with zero attached hydrogens (tertiary/aromatic N) is 3. The van der Waals surface area contributed by atoms with Gasteiger partial charge in [0, 0.05) is 16.5 Å². The van der Waals surface area contributed by atoms with E-state index in [0.29, 0.717) is 5.01 Å². The molecule has 1 unspecified atom stereocenters. The molecule has 0 fully saturated rings. The minimum absolute atomic E-state index is 0.0382. The van der Waals surface area contributed by atoms with Crippen molar-refractivity contribution in [2.75, 3.05) is 11.9 Å². The predicted octanol–water partition coefficient (Wildman–Crippen LogP) is 3.45. The van der Waals surface area contributed by atoms with Gasteiger partial charge in [-0.1, -0.05) is 27.7 Å². The van der Waals surface area contributed by atoms with Crippen LogP contribution in [0.4, 0.5) is 10.5 Å². The van der Waals surface area contributed by atoms with Gasteiger partial charge in [0.25, 0.3) is 0 Å². The molecule has 2 aromatic rings. The first-order chi connectivity index (χ1) is 14.4. The highest BCUT2D eigenvalue weighted by atomic mass is 32.2. The minimum Gasteiger partial charge on any atom is -0.395 e. The van der Waals surface area contributed by atoms with Crippen molar-refractivity contribution in [3.8, 4) is 0 Å². The van der Waals surface area contributed by atoms with Crippen LogP contribution in [0.1, 0.15) is 68.1 Å². The lowest BCUT2D eigenvalue weighted by Crippen LogP contribution is -2.21. The van der Waals surface area contributed by atoms with Crippen molar-refractivity contribution >= 4 is 33.0 Å². The van der Waals surface area contributed by atoms with E-state index < -0.39 is 21.4 Å². The van der Waals surface area contributed by atoms with E-state index in [1.807, 2.05) is 13.8 Å². The van der Waals surface area contributed by atoms with Gasteiger partial charge in [0.05, 0.1) is 24.2 Å². The number of hydrogen-bond donors (Lipinski definition) is 3. The number of pyridine rings is 1. The Balaban J connectivity index is 1.67. The Morgan fingerprint density at radius 3 is 2.81 bits per heavy atom. The van der Waals surface area contributed by atoms with Gasteiger partial charge in [-0.3, -0.25) is 4.98 Å². The summed E-state index contributed by atoms with van der Waals surface area (Å²) in [4.78, 5) is 22.0. The number of amides is 2. The van der Waals surface area contributed by atoms with E-state index in [1.165, 1.54) is 6.20 Å². The third-order valence-corrected chi connectivity index (χ3v) is 9.41. The number of aryl methyl sites for hydroxylation is 1. The van der Waals surface area contributed by atoms with Gasteiger partial charge in [0.1, 0.15) is 9.22 Å². The van der Waals surface area contributed by atoms with Gasteiger partial charge < -0.3 is 10.4 Å². The van der Waals surface area contributed by atoms with Gasteiger partial charge in [0.15, 0.2) is 9.92 Å². The summed E-state index contributed by atoms with van der Waals surface area (Å²) in [6, 6.07) is -0.726. The lowest BCUT2D eigenvalue weighted by Gasteiger charge is -2.20. The van der Waals surface area contributed by atoms with Gasteiger partial charge in [-0.05, 0) is 43.2 Å². The molecule has 2 amide bonds. The van der Waals surface area contributed by atoms with Crippen LogP contribution < -0.4 is 10.5 Å². The van der Waals surface area contributed by atoms with Crippen LogP contribution >= 0.6 is 11.3 Å². The van der Waals surface area contributed by atoms with Crippen molar-refractivity contribution in [1.82, 2.24) is 9.97 Å². The van der Waals surface area contributed by atoms with Crippen molar-refractivity contribution in [2.45, 2.75) is 74.8 Å². The maximum atomic E-state index is 13.0. The van der Waals surface area contributed by atoms with Crippen LogP contribution in [0.15, 0.2) is 14.8 Å². The molecule has 31 heavy (non-hydrogen) atoms. The molecule has 4 N–H and O–H groups in total. The number of thiazole rings is 1. The molecule has 2 aliphatic rings. The fraction of sp³-hybridized carbons (Fsp3) is 0.571. The summed E-state index contributed by atoms with van der Waals surface area (Å²) in [6.07, 6.45) is 5.94. The molecule has 10 heteroatoms. The summed E-state index contributed by atoms with van der Waals surface area (Å²) in [7, 11) is -3.46. The molecule has 1 atom stereocenters. The van der Waals surface area contributed by atoms with Crippen molar-refractivity contribution in [1.29, 1.82) is 0 Å². The summed E-state index contributed by atoms with van der Waals surface area (Å²) in [5.41, 5.74) is 4.34. The number of carbonyl (C=O) groups is 1. The standard InChI is InChI=1S/C21H29N5O3S2/c1-20(2)9-8-13-16(12-6-5-7-14(12)24-17(13)20)25-19(28)26-31(22,29)15-10-23-18(30-15)21(3,4)11-27/h10,27H,5-9,11H2,1-4H3,(H3,22,24,25,26,28,29). The molecular formula is C21H29N5O3S2. The lowest BCUT2D eigenvalue weighted by molar-refractivity contribution is 0.218. The number of carbonyl (C=O) groups excluding carboxylic acids is 1. The van der Waals surface area contributed by atoms with Crippen LogP contribution in [0.5, 0.6) is 0 Å². The number of aliphatic hydroxyl groups is 1. The fourth-order valence-corrected chi connectivity index (χ4v) is 6.36. The highest BCUT2D eigenvalue weighted by Gasteiger charge is 2.36. The molecule has 2 aliphatic carbocycles. The maximum absolute atomic E-state index is 13.0. The van der Waals surface area contributed by atoms with E-state index in [2.05, 4.69) is 28.5 Å². The van der Waals surface area contributed by atoms with E-state index >= 15 is 0 Å². The van der Waals surface area contributed by atoms with Crippen molar-refractivity contribution in [2.24, 2.45) is 9.50 Å². The second-order valence-corrected chi connectivity index (χ2v) is 12.6. The number of aromatic nitrogens is 2. The molecule has 8 nitrogen and oxygen atoms in total. The Hall–Kier alpha value is -1.88. The first-order valence-corrected chi connectivity index (χ1v) is 12.8. The molecule has 0 saturated heterocycles. The molecule has 0 saturated carbocycles. The first kappa shape index (κ1) is 22.3. The molecule has 4 rings (SSSR count). The highest BCUT2D eigenvalue weighted by molar-refractivity contribution is 7.93. The molecule has 168 valence electrons.